The Kier molecular flexibility index (Phi) is 6.57. The fraction of sp³-hybridized carbons (Fsp3) is 1.00. The predicted molar refractivity (Wildman–Crippen MR) is 63.0 cm³/mol. The zero-order valence-electron chi connectivity index (χ0n) is 9.27. The van der Waals surface area contributed by atoms with Gasteiger partial charge in [-0.05, 0) is 44.8 Å². The summed E-state index contributed by atoms with van der Waals surface area (Å²) < 4.78 is 0. The highest BCUT2D eigenvalue weighted by molar-refractivity contribution is 6.17. The maximum atomic E-state index is 5.68. The van der Waals surface area contributed by atoms with E-state index in [0.29, 0.717) is 5.92 Å². The number of alkyl halides is 1. The minimum atomic E-state index is 0.714. The normalized spacial score (nSPS) is 20.1. The van der Waals surface area contributed by atoms with Gasteiger partial charge in [0.05, 0.1) is 0 Å². The van der Waals surface area contributed by atoms with Crippen LogP contribution in [0.2, 0.25) is 0 Å². The van der Waals surface area contributed by atoms with Crippen molar-refractivity contribution in [3.63, 3.8) is 0 Å². The highest BCUT2D eigenvalue weighted by atomic mass is 35.5. The number of nitrogens with one attached hydrogen (secondary N) is 1. The van der Waals surface area contributed by atoms with Crippen LogP contribution >= 0.6 is 11.6 Å². The third-order valence-corrected chi connectivity index (χ3v) is 3.12. The molecule has 1 unspecified atom stereocenters. The number of hydrogen-bond acceptors (Lipinski definition) is 2. The molecule has 1 heterocycles. The molecule has 0 spiro atoms. The van der Waals surface area contributed by atoms with Crippen LogP contribution in [0.25, 0.3) is 0 Å². The molecule has 0 aromatic rings. The number of rotatable bonds is 7. The SMILES string of the molecule is CC(CCCl)CNCCN1CCCC1. The fourth-order valence-corrected chi connectivity index (χ4v) is 2.25. The largest absolute Gasteiger partial charge is 0.315 e. The molecule has 14 heavy (non-hydrogen) atoms. The molecule has 1 aliphatic heterocycles. The van der Waals surface area contributed by atoms with Crippen LogP contribution in [0.5, 0.6) is 0 Å². The lowest BCUT2D eigenvalue weighted by Crippen LogP contribution is -2.32. The van der Waals surface area contributed by atoms with E-state index in [2.05, 4.69) is 17.1 Å². The molecule has 1 fully saturated rings. The summed E-state index contributed by atoms with van der Waals surface area (Å²) in [5, 5.41) is 3.50. The number of hydrogen-bond donors (Lipinski definition) is 1. The van der Waals surface area contributed by atoms with Gasteiger partial charge in [0.2, 0.25) is 0 Å². The molecule has 0 radical (unpaired) electrons. The van der Waals surface area contributed by atoms with Crippen molar-refractivity contribution in [2.45, 2.75) is 26.2 Å². The zero-order chi connectivity index (χ0) is 10.2. The van der Waals surface area contributed by atoms with E-state index in [0.717, 1.165) is 25.4 Å². The number of nitrogens with zero attached hydrogens (tertiary/aromatic N) is 1. The summed E-state index contributed by atoms with van der Waals surface area (Å²) in [5.74, 6) is 1.50. The third kappa shape index (κ3) is 5.18. The van der Waals surface area contributed by atoms with Gasteiger partial charge in [0.25, 0.3) is 0 Å². The van der Waals surface area contributed by atoms with E-state index >= 15 is 0 Å². The Hall–Kier alpha value is 0.210. The Labute approximate surface area is 93.0 Å². The highest BCUT2D eigenvalue weighted by Gasteiger charge is 2.10. The smallest absolute Gasteiger partial charge is 0.0226 e. The molecule has 0 aromatic heterocycles. The second kappa shape index (κ2) is 7.49. The van der Waals surface area contributed by atoms with Crippen molar-refractivity contribution in [3.05, 3.63) is 0 Å². The fourth-order valence-electron chi connectivity index (χ4n) is 1.88. The summed E-state index contributed by atoms with van der Waals surface area (Å²) in [6.45, 7) is 8.32. The van der Waals surface area contributed by atoms with Gasteiger partial charge in [0.1, 0.15) is 0 Å². The molecule has 1 rings (SSSR count). The average Bonchev–Trinajstić information content (AvgIpc) is 2.65. The second-order valence-electron chi connectivity index (χ2n) is 4.34. The van der Waals surface area contributed by atoms with Crippen LogP contribution in [0.15, 0.2) is 0 Å². The Morgan fingerprint density at radius 1 is 1.36 bits per heavy atom. The maximum absolute atomic E-state index is 5.68. The Bertz CT molecular complexity index is 135. The third-order valence-electron chi connectivity index (χ3n) is 2.90. The summed E-state index contributed by atoms with van der Waals surface area (Å²) in [4.78, 5) is 2.54. The van der Waals surface area contributed by atoms with Gasteiger partial charge >= 0.3 is 0 Å². The van der Waals surface area contributed by atoms with E-state index in [1.54, 1.807) is 0 Å². The Morgan fingerprint density at radius 2 is 2.07 bits per heavy atom. The molecule has 1 N–H and O–H groups in total. The molecule has 2 nitrogen and oxygen atoms in total. The van der Waals surface area contributed by atoms with Crippen molar-refractivity contribution in [1.82, 2.24) is 10.2 Å². The van der Waals surface area contributed by atoms with E-state index in [1.807, 2.05) is 0 Å². The van der Waals surface area contributed by atoms with Gasteiger partial charge in [-0.15, -0.1) is 11.6 Å². The molecule has 0 aromatic carbocycles. The van der Waals surface area contributed by atoms with Crippen LogP contribution in [0.4, 0.5) is 0 Å². The van der Waals surface area contributed by atoms with Gasteiger partial charge in [-0.2, -0.15) is 0 Å². The summed E-state index contributed by atoms with van der Waals surface area (Å²) in [5.41, 5.74) is 0. The van der Waals surface area contributed by atoms with Crippen LogP contribution in [0.3, 0.4) is 0 Å². The van der Waals surface area contributed by atoms with E-state index < -0.39 is 0 Å². The Balaban J connectivity index is 1.88. The van der Waals surface area contributed by atoms with Crippen LogP contribution in [0, 0.1) is 5.92 Å². The molecule has 3 heteroatoms. The van der Waals surface area contributed by atoms with Gasteiger partial charge in [-0.3, -0.25) is 0 Å². The summed E-state index contributed by atoms with van der Waals surface area (Å²) in [7, 11) is 0. The van der Waals surface area contributed by atoms with Crippen LogP contribution in [-0.4, -0.2) is 43.5 Å². The highest BCUT2D eigenvalue weighted by Crippen LogP contribution is 2.05. The van der Waals surface area contributed by atoms with E-state index in [4.69, 9.17) is 11.6 Å². The molecule has 0 bridgehead atoms. The van der Waals surface area contributed by atoms with Crippen molar-refractivity contribution in [3.8, 4) is 0 Å². The topological polar surface area (TPSA) is 15.3 Å². The van der Waals surface area contributed by atoms with Crippen LogP contribution in [-0.2, 0) is 0 Å². The van der Waals surface area contributed by atoms with E-state index in [-0.39, 0.29) is 0 Å². The standard InChI is InChI=1S/C11H23ClN2/c1-11(4-5-12)10-13-6-9-14-7-2-3-8-14/h11,13H,2-10H2,1H3. The van der Waals surface area contributed by atoms with Gasteiger partial charge in [-0.25, -0.2) is 0 Å². The minimum absolute atomic E-state index is 0.714. The van der Waals surface area contributed by atoms with Crippen molar-refractivity contribution in [2.24, 2.45) is 5.92 Å². The predicted octanol–water partition coefficient (Wildman–Crippen LogP) is 1.94. The van der Waals surface area contributed by atoms with Crippen molar-refractivity contribution in [1.29, 1.82) is 0 Å². The first-order valence-corrected chi connectivity index (χ1v) is 6.35. The first-order valence-electron chi connectivity index (χ1n) is 5.82. The molecule has 0 amide bonds. The lowest BCUT2D eigenvalue weighted by molar-refractivity contribution is 0.331. The molecule has 0 saturated carbocycles. The first kappa shape index (κ1) is 12.3. The number of halogens is 1. The lowest BCUT2D eigenvalue weighted by Gasteiger charge is -2.16. The molecule has 1 saturated heterocycles. The van der Waals surface area contributed by atoms with Gasteiger partial charge in [0, 0.05) is 19.0 Å². The van der Waals surface area contributed by atoms with Gasteiger partial charge in [-0.1, -0.05) is 6.92 Å². The van der Waals surface area contributed by atoms with Crippen molar-refractivity contribution in [2.75, 3.05) is 38.6 Å². The summed E-state index contributed by atoms with van der Waals surface area (Å²) in [6.07, 6.45) is 3.91. The van der Waals surface area contributed by atoms with Crippen LogP contribution < -0.4 is 5.32 Å². The second-order valence-corrected chi connectivity index (χ2v) is 4.71. The monoisotopic (exact) mass is 218 g/mol. The molecule has 1 atom stereocenters. The van der Waals surface area contributed by atoms with Gasteiger partial charge in [0.15, 0.2) is 0 Å². The maximum Gasteiger partial charge on any atom is 0.0226 e. The first-order chi connectivity index (χ1) is 6.83. The van der Waals surface area contributed by atoms with E-state index in [1.165, 1.54) is 32.5 Å². The lowest BCUT2D eigenvalue weighted by atomic mass is 10.1. The summed E-state index contributed by atoms with van der Waals surface area (Å²) >= 11 is 5.68. The molecule has 84 valence electrons. The molecule has 1 aliphatic rings. The number of likely N-dealkylation sites (tertiary alicyclic amines) is 1. The van der Waals surface area contributed by atoms with E-state index in [9.17, 15) is 0 Å². The Morgan fingerprint density at radius 3 is 2.71 bits per heavy atom. The molecular formula is C11H23ClN2. The quantitative estimate of drug-likeness (QED) is 0.519. The average molecular weight is 219 g/mol. The molecular weight excluding hydrogens is 196 g/mol. The van der Waals surface area contributed by atoms with Crippen molar-refractivity contribution >= 4 is 11.6 Å². The zero-order valence-corrected chi connectivity index (χ0v) is 10.0. The molecule has 0 aliphatic carbocycles. The van der Waals surface area contributed by atoms with Gasteiger partial charge < -0.3 is 10.2 Å². The minimum Gasteiger partial charge on any atom is -0.315 e. The van der Waals surface area contributed by atoms with Crippen molar-refractivity contribution < 1.29 is 0 Å². The van der Waals surface area contributed by atoms with Crippen LogP contribution in [0.1, 0.15) is 26.2 Å². The summed E-state index contributed by atoms with van der Waals surface area (Å²) in [6, 6.07) is 0.